The maximum atomic E-state index is 12.4. The average molecular weight is 524 g/mol. The fourth-order valence-corrected chi connectivity index (χ4v) is 4.03. The van der Waals surface area contributed by atoms with E-state index < -0.39 is 5.60 Å². The Labute approximate surface area is 194 Å². The Bertz CT molecular complexity index is 518. The van der Waals surface area contributed by atoms with Crippen LogP contribution in [-0.4, -0.2) is 91.8 Å². The van der Waals surface area contributed by atoms with Crippen LogP contribution in [0.2, 0.25) is 0 Å². The summed E-state index contributed by atoms with van der Waals surface area (Å²) in [5, 5.41) is 3.45. The fraction of sp³-hybridized carbons (Fsp3) is 0.905. The maximum Gasteiger partial charge on any atom is 0.410 e. The molecule has 2 fully saturated rings. The van der Waals surface area contributed by atoms with Crippen molar-refractivity contribution in [3.05, 3.63) is 0 Å². The lowest BCUT2D eigenvalue weighted by molar-refractivity contribution is 0.0253. The molecule has 0 aromatic carbocycles. The monoisotopic (exact) mass is 523 g/mol. The van der Waals surface area contributed by atoms with E-state index in [4.69, 9.17) is 4.74 Å². The largest absolute Gasteiger partial charge is 0.444 e. The summed E-state index contributed by atoms with van der Waals surface area (Å²) in [6.45, 7) is 15.7. The van der Waals surface area contributed by atoms with Gasteiger partial charge in [-0.3, -0.25) is 4.99 Å². The molecule has 0 bridgehead atoms. The second kappa shape index (κ2) is 12.8. The Morgan fingerprint density at radius 3 is 2.48 bits per heavy atom. The minimum absolute atomic E-state index is 0. The van der Waals surface area contributed by atoms with Crippen molar-refractivity contribution in [1.29, 1.82) is 0 Å². The first kappa shape index (κ1) is 26.3. The van der Waals surface area contributed by atoms with E-state index in [1.165, 1.54) is 38.9 Å². The molecule has 2 aliphatic rings. The predicted octanol–water partition coefficient (Wildman–Crippen LogP) is 3.24. The summed E-state index contributed by atoms with van der Waals surface area (Å²) in [6, 6.07) is 0. The first-order valence-corrected chi connectivity index (χ1v) is 11.0. The molecule has 0 aromatic rings. The van der Waals surface area contributed by atoms with Gasteiger partial charge >= 0.3 is 6.09 Å². The Kier molecular flexibility index (Phi) is 11.6. The molecule has 2 heterocycles. The molecular formula is C21H42IN5O2. The number of carbonyl (C=O) groups excluding carboxylic acids is 1. The molecule has 2 aliphatic heterocycles. The first-order chi connectivity index (χ1) is 13.3. The van der Waals surface area contributed by atoms with Crippen molar-refractivity contribution in [1.82, 2.24) is 20.0 Å². The van der Waals surface area contributed by atoms with Crippen molar-refractivity contribution in [2.24, 2.45) is 10.9 Å². The van der Waals surface area contributed by atoms with Gasteiger partial charge in [-0.25, -0.2) is 4.79 Å². The number of amides is 1. The Hall–Kier alpha value is -0.770. The van der Waals surface area contributed by atoms with Crippen LogP contribution in [0.3, 0.4) is 0 Å². The number of guanidine groups is 1. The zero-order valence-corrected chi connectivity index (χ0v) is 21.4. The van der Waals surface area contributed by atoms with Gasteiger partial charge in [-0.1, -0.05) is 6.92 Å². The molecule has 0 spiro atoms. The van der Waals surface area contributed by atoms with Crippen molar-refractivity contribution < 1.29 is 9.53 Å². The third kappa shape index (κ3) is 9.27. The van der Waals surface area contributed by atoms with Crippen molar-refractivity contribution in [3.8, 4) is 0 Å². The molecule has 2 saturated heterocycles. The van der Waals surface area contributed by atoms with E-state index in [9.17, 15) is 4.79 Å². The van der Waals surface area contributed by atoms with E-state index in [1.807, 2.05) is 27.8 Å². The number of nitrogens with zero attached hydrogens (tertiary/aromatic N) is 4. The number of carbonyl (C=O) groups is 1. The van der Waals surface area contributed by atoms with E-state index in [1.54, 1.807) is 4.90 Å². The molecule has 0 aromatic heterocycles. The zero-order chi connectivity index (χ0) is 20.6. The lowest BCUT2D eigenvalue weighted by atomic mass is 10.1. The number of nitrogens with one attached hydrogen (secondary N) is 1. The molecule has 1 amide bonds. The highest BCUT2D eigenvalue weighted by Gasteiger charge is 2.27. The SMILES string of the molecule is CCCN(CCNC(=NC)N1CCC(CN2CCCC2)C1)C(=O)OC(C)(C)C.I. The summed E-state index contributed by atoms with van der Waals surface area (Å²) in [6.07, 6.45) is 4.62. The van der Waals surface area contributed by atoms with Crippen LogP contribution in [0.4, 0.5) is 4.79 Å². The zero-order valence-electron chi connectivity index (χ0n) is 19.1. The van der Waals surface area contributed by atoms with Crippen LogP contribution in [0, 0.1) is 5.92 Å². The lowest BCUT2D eigenvalue weighted by Crippen LogP contribution is -2.45. The molecule has 170 valence electrons. The first-order valence-electron chi connectivity index (χ1n) is 11.0. The van der Waals surface area contributed by atoms with Gasteiger partial charge in [0, 0.05) is 46.3 Å². The van der Waals surface area contributed by atoms with Gasteiger partial charge < -0.3 is 24.8 Å². The van der Waals surface area contributed by atoms with E-state index in [-0.39, 0.29) is 30.1 Å². The molecule has 1 N–H and O–H groups in total. The second-order valence-corrected chi connectivity index (χ2v) is 9.05. The van der Waals surface area contributed by atoms with Crippen LogP contribution in [0.1, 0.15) is 53.4 Å². The van der Waals surface area contributed by atoms with Gasteiger partial charge in [-0.05, 0) is 65.5 Å². The molecule has 0 radical (unpaired) electrons. The van der Waals surface area contributed by atoms with Crippen molar-refractivity contribution in [2.45, 2.75) is 59.0 Å². The highest BCUT2D eigenvalue weighted by molar-refractivity contribution is 14.0. The van der Waals surface area contributed by atoms with Crippen molar-refractivity contribution in [2.75, 3.05) is 59.4 Å². The van der Waals surface area contributed by atoms with Gasteiger partial charge in [0.05, 0.1) is 0 Å². The summed E-state index contributed by atoms with van der Waals surface area (Å²) in [4.78, 5) is 23.6. The minimum Gasteiger partial charge on any atom is -0.444 e. The lowest BCUT2D eigenvalue weighted by Gasteiger charge is -2.28. The number of likely N-dealkylation sites (tertiary alicyclic amines) is 2. The number of aliphatic imine (C=N–C) groups is 1. The summed E-state index contributed by atoms with van der Waals surface area (Å²) in [5.74, 6) is 1.68. The number of halogens is 1. The van der Waals surface area contributed by atoms with Gasteiger partial charge in [-0.15, -0.1) is 24.0 Å². The van der Waals surface area contributed by atoms with E-state index in [0.717, 1.165) is 31.4 Å². The molecule has 1 unspecified atom stereocenters. The summed E-state index contributed by atoms with van der Waals surface area (Å²) in [7, 11) is 1.84. The third-order valence-corrected chi connectivity index (χ3v) is 5.32. The van der Waals surface area contributed by atoms with Gasteiger partial charge in [0.2, 0.25) is 0 Å². The highest BCUT2D eigenvalue weighted by atomic mass is 127. The standard InChI is InChI=1S/C21H41N5O2.HI/c1-6-11-25(20(27)28-21(2,3)4)15-10-23-19(22-5)26-14-9-18(17-26)16-24-12-7-8-13-24;/h18H,6-17H2,1-5H3,(H,22,23);1H. The molecule has 0 aliphatic carbocycles. The number of rotatable bonds is 7. The van der Waals surface area contributed by atoms with Crippen LogP contribution in [0.15, 0.2) is 4.99 Å². The molecule has 1 atom stereocenters. The van der Waals surface area contributed by atoms with Crippen molar-refractivity contribution >= 4 is 36.0 Å². The third-order valence-electron chi connectivity index (χ3n) is 5.32. The summed E-state index contributed by atoms with van der Waals surface area (Å²) in [5.41, 5.74) is -0.466. The highest BCUT2D eigenvalue weighted by Crippen LogP contribution is 2.20. The number of hydrogen-bond acceptors (Lipinski definition) is 4. The molecule has 0 saturated carbocycles. The molecule has 29 heavy (non-hydrogen) atoms. The Balaban J connectivity index is 0.00000420. The average Bonchev–Trinajstić information content (AvgIpc) is 3.29. The molecular weight excluding hydrogens is 481 g/mol. The summed E-state index contributed by atoms with van der Waals surface area (Å²) < 4.78 is 5.53. The van der Waals surface area contributed by atoms with Gasteiger partial charge in [0.15, 0.2) is 5.96 Å². The molecule has 2 rings (SSSR count). The van der Waals surface area contributed by atoms with Crippen LogP contribution >= 0.6 is 24.0 Å². The minimum atomic E-state index is -0.466. The quantitative estimate of drug-likeness (QED) is 0.316. The molecule has 8 heteroatoms. The predicted molar refractivity (Wildman–Crippen MR) is 130 cm³/mol. The fourth-order valence-electron chi connectivity index (χ4n) is 4.03. The summed E-state index contributed by atoms with van der Waals surface area (Å²) >= 11 is 0. The van der Waals surface area contributed by atoms with Crippen LogP contribution < -0.4 is 5.32 Å². The second-order valence-electron chi connectivity index (χ2n) is 9.05. The van der Waals surface area contributed by atoms with Crippen LogP contribution in [0.5, 0.6) is 0 Å². The van der Waals surface area contributed by atoms with Gasteiger partial charge in [0.25, 0.3) is 0 Å². The Morgan fingerprint density at radius 1 is 1.21 bits per heavy atom. The van der Waals surface area contributed by atoms with Crippen LogP contribution in [-0.2, 0) is 4.74 Å². The van der Waals surface area contributed by atoms with Crippen LogP contribution in [0.25, 0.3) is 0 Å². The number of ether oxygens (including phenoxy) is 1. The number of hydrogen-bond donors (Lipinski definition) is 1. The van der Waals surface area contributed by atoms with E-state index in [2.05, 4.69) is 27.0 Å². The van der Waals surface area contributed by atoms with E-state index in [0.29, 0.717) is 19.6 Å². The van der Waals surface area contributed by atoms with Gasteiger partial charge in [0.1, 0.15) is 5.60 Å². The normalized spacial score (nSPS) is 20.5. The molecule has 7 nitrogen and oxygen atoms in total. The maximum absolute atomic E-state index is 12.4. The van der Waals surface area contributed by atoms with E-state index >= 15 is 0 Å². The van der Waals surface area contributed by atoms with Gasteiger partial charge in [-0.2, -0.15) is 0 Å². The van der Waals surface area contributed by atoms with Crippen molar-refractivity contribution in [3.63, 3.8) is 0 Å². The topological polar surface area (TPSA) is 60.4 Å². The smallest absolute Gasteiger partial charge is 0.410 e. The Morgan fingerprint density at radius 2 is 1.90 bits per heavy atom.